The van der Waals surface area contributed by atoms with Crippen LogP contribution in [-0.2, 0) is 5.75 Å². The largest absolute Gasteiger partial charge is 0.291 e. The van der Waals surface area contributed by atoms with Crippen LogP contribution in [0.3, 0.4) is 0 Å². The fraction of sp³-hybridized carbons (Fsp3) is 0.118. The van der Waals surface area contributed by atoms with E-state index in [-0.39, 0.29) is 0 Å². The van der Waals surface area contributed by atoms with E-state index in [0.29, 0.717) is 11.5 Å². The lowest BCUT2D eigenvalue weighted by molar-refractivity contribution is 0.796. The number of fused-ring (bicyclic) bond motifs is 4. The molecule has 0 aliphatic heterocycles. The summed E-state index contributed by atoms with van der Waals surface area (Å²) in [4.78, 5) is 18.1. The Labute approximate surface area is 146 Å². The van der Waals surface area contributed by atoms with Crippen molar-refractivity contribution >= 4 is 34.1 Å². The van der Waals surface area contributed by atoms with Crippen molar-refractivity contribution in [2.24, 2.45) is 0 Å². The standard InChI is InChI=1S/C17H13N7S/c1-11-19-15-13-5-2-3-6-14(13)21-17(24(15)22-11)25-10-12-9-23-8-4-7-18-16(23)20-12/h2-9H,10H2,1H3. The minimum Gasteiger partial charge on any atom is -0.291 e. The Morgan fingerprint density at radius 3 is 2.92 bits per heavy atom. The first-order valence-corrected chi connectivity index (χ1v) is 8.80. The van der Waals surface area contributed by atoms with Crippen molar-refractivity contribution in [1.29, 1.82) is 0 Å². The Morgan fingerprint density at radius 1 is 1.08 bits per heavy atom. The van der Waals surface area contributed by atoms with Crippen LogP contribution in [0.2, 0.25) is 0 Å². The molecule has 0 amide bonds. The van der Waals surface area contributed by atoms with Crippen LogP contribution >= 0.6 is 11.8 Å². The lowest BCUT2D eigenvalue weighted by Crippen LogP contribution is -1.98. The maximum atomic E-state index is 4.76. The van der Waals surface area contributed by atoms with Gasteiger partial charge in [-0.05, 0) is 25.1 Å². The van der Waals surface area contributed by atoms with Gasteiger partial charge in [0, 0.05) is 29.7 Å². The average molecular weight is 347 g/mol. The zero-order valence-corrected chi connectivity index (χ0v) is 14.2. The highest BCUT2D eigenvalue weighted by Crippen LogP contribution is 2.26. The second kappa shape index (κ2) is 5.52. The fourth-order valence-electron chi connectivity index (χ4n) is 2.81. The van der Waals surface area contributed by atoms with Gasteiger partial charge in [-0.2, -0.15) is 4.52 Å². The summed E-state index contributed by atoms with van der Waals surface area (Å²) < 4.78 is 3.73. The molecular formula is C17H13N7S. The normalized spacial score (nSPS) is 11.7. The molecule has 25 heavy (non-hydrogen) atoms. The summed E-state index contributed by atoms with van der Waals surface area (Å²) in [6, 6.07) is 9.88. The number of aryl methyl sites for hydroxylation is 1. The summed E-state index contributed by atoms with van der Waals surface area (Å²) in [5.74, 6) is 2.12. The van der Waals surface area contributed by atoms with E-state index >= 15 is 0 Å². The number of para-hydroxylation sites is 1. The van der Waals surface area contributed by atoms with Gasteiger partial charge in [-0.15, -0.1) is 5.10 Å². The highest BCUT2D eigenvalue weighted by molar-refractivity contribution is 7.98. The smallest absolute Gasteiger partial charge is 0.233 e. The lowest BCUT2D eigenvalue weighted by atomic mass is 10.2. The van der Waals surface area contributed by atoms with Crippen molar-refractivity contribution in [2.75, 3.05) is 0 Å². The van der Waals surface area contributed by atoms with Crippen LogP contribution in [0.4, 0.5) is 0 Å². The predicted octanol–water partition coefficient (Wildman–Crippen LogP) is 2.92. The molecule has 0 aliphatic carbocycles. The molecule has 0 saturated heterocycles. The molecule has 0 fully saturated rings. The Morgan fingerprint density at radius 2 is 2.00 bits per heavy atom. The molecule has 122 valence electrons. The van der Waals surface area contributed by atoms with Crippen LogP contribution in [0.25, 0.3) is 22.3 Å². The van der Waals surface area contributed by atoms with Crippen molar-refractivity contribution in [3.63, 3.8) is 0 Å². The van der Waals surface area contributed by atoms with Gasteiger partial charge in [0.05, 0.1) is 11.2 Å². The summed E-state index contributed by atoms with van der Waals surface area (Å²) in [5.41, 5.74) is 2.70. The van der Waals surface area contributed by atoms with Gasteiger partial charge in [0.15, 0.2) is 10.8 Å². The quantitative estimate of drug-likeness (QED) is 0.369. The minimum absolute atomic E-state index is 0.683. The number of imidazole rings is 1. The number of benzene rings is 1. The summed E-state index contributed by atoms with van der Waals surface area (Å²) in [6.45, 7) is 1.89. The Bertz CT molecular complexity index is 1190. The number of hydrogen-bond donors (Lipinski definition) is 0. The maximum absolute atomic E-state index is 4.76. The van der Waals surface area contributed by atoms with Gasteiger partial charge in [-0.3, -0.25) is 4.40 Å². The van der Waals surface area contributed by atoms with Crippen LogP contribution in [0.1, 0.15) is 11.5 Å². The van der Waals surface area contributed by atoms with E-state index in [1.165, 1.54) is 0 Å². The van der Waals surface area contributed by atoms with E-state index in [2.05, 4.69) is 20.1 Å². The minimum atomic E-state index is 0.683. The van der Waals surface area contributed by atoms with E-state index in [1.54, 1.807) is 18.0 Å². The Balaban J connectivity index is 1.57. The molecule has 0 atom stereocenters. The first-order chi connectivity index (χ1) is 12.3. The van der Waals surface area contributed by atoms with Crippen molar-refractivity contribution in [3.05, 3.63) is 60.4 Å². The van der Waals surface area contributed by atoms with Gasteiger partial charge in [-0.25, -0.2) is 19.9 Å². The summed E-state index contributed by atoms with van der Waals surface area (Å²) in [5, 5.41) is 6.31. The molecule has 5 aromatic rings. The van der Waals surface area contributed by atoms with Crippen molar-refractivity contribution in [3.8, 4) is 0 Å². The van der Waals surface area contributed by atoms with Crippen molar-refractivity contribution < 1.29 is 0 Å². The van der Waals surface area contributed by atoms with Gasteiger partial charge in [0.25, 0.3) is 0 Å². The topological polar surface area (TPSA) is 73.3 Å². The molecule has 0 spiro atoms. The summed E-state index contributed by atoms with van der Waals surface area (Å²) in [6.07, 6.45) is 5.67. The number of hydrogen-bond acceptors (Lipinski definition) is 6. The Hall–Kier alpha value is -3.00. The van der Waals surface area contributed by atoms with Crippen LogP contribution in [-0.4, -0.2) is 34.0 Å². The van der Waals surface area contributed by atoms with Gasteiger partial charge < -0.3 is 0 Å². The first-order valence-electron chi connectivity index (χ1n) is 7.81. The molecule has 0 saturated carbocycles. The number of nitrogens with zero attached hydrogens (tertiary/aromatic N) is 7. The third kappa shape index (κ3) is 2.42. The molecule has 0 unspecified atom stereocenters. The summed E-state index contributed by atoms with van der Waals surface area (Å²) in [7, 11) is 0. The molecule has 5 rings (SSSR count). The molecule has 1 aromatic carbocycles. The molecule has 7 nitrogen and oxygen atoms in total. The Kier molecular flexibility index (Phi) is 3.17. The monoisotopic (exact) mass is 347 g/mol. The van der Waals surface area contributed by atoms with E-state index in [9.17, 15) is 0 Å². The second-order valence-corrected chi connectivity index (χ2v) is 6.60. The van der Waals surface area contributed by atoms with Crippen LogP contribution in [0, 0.1) is 6.92 Å². The molecular weight excluding hydrogens is 334 g/mol. The third-order valence-electron chi connectivity index (χ3n) is 3.89. The lowest BCUT2D eigenvalue weighted by Gasteiger charge is -2.05. The van der Waals surface area contributed by atoms with Crippen molar-refractivity contribution in [1.82, 2.24) is 34.0 Å². The van der Waals surface area contributed by atoms with E-state index in [0.717, 1.165) is 33.2 Å². The number of rotatable bonds is 3. The van der Waals surface area contributed by atoms with Crippen LogP contribution in [0.15, 0.2) is 54.1 Å². The summed E-state index contributed by atoms with van der Waals surface area (Å²) >= 11 is 1.59. The van der Waals surface area contributed by atoms with Crippen LogP contribution < -0.4 is 0 Å². The van der Waals surface area contributed by atoms with Crippen LogP contribution in [0.5, 0.6) is 0 Å². The zero-order chi connectivity index (χ0) is 16.8. The predicted molar refractivity (Wildman–Crippen MR) is 95.6 cm³/mol. The van der Waals surface area contributed by atoms with E-state index < -0.39 is 0 Å². The molecule has 0 bridgehead atoms. The fourth-order valence-corrected chi connectivity index (χ4v) is 3.64. The SMILES string of the molecule is Cc1nc2c3ccccc3nc(SCc3cn4cccnc4n3)n2n1. The second-order valence-electron chi connectivity index (χ2n) is 5.65. The maximum Gasteiger partial charge on any atom is 0.233 e. The van der Waals surface area contributed by atoms with Gasteiger partial charge in [-0.1, -0.05) is 23.9 Å². The average Bonchev–Trinajstić information content (AvgIpc) is 3.22. The number of thioether (sulfide) groups is 1. The van der Waals surface area contributed by atoms with E-state index in [1.807, 2.05) is 58.6 Å². The molecule has 0 radical (unpaired) electrons. The molecule has 0 aliphatic rings. The highest BCUT2D eigenvalue weighted by Gasteiger charge is 2.13. The van der Waals surface area contributed by atoms with E-state index in [4.69, 9.17) is 4.98 Å². The molecule has 4 heterocycles. The first kappa shape index (κ1) is 14.4. The van der Waals surface area contributed by atoms with Gasteiger partial charge in [0.2, 0.25) is 5.78 Å². The molecule has 4 aromatic heterocycles. The van der Waals surface area contributed by atoms with Crippen molar-refractivity contribution in [2.45, 2.75) is 17.8 Å². The third-order valence-corrected chi connectivity index (χ3v) is 4.85. The molecule has 8 heteroatoms. The van der Waals surface area contributed by atoms with Gasteiger partial charge >= 0.3 is 0 Å². The molecule has 0 N–H and O–H groups in total. The number of aromatic nitrogens is 7. The highest BCUT2D eigenvalue weighted by atomic mass is 32.2. The zero-order valence-electron chi connectivity index (χ0n) is 13.4. The van der Waals surface area contributed by atoms with Gasteiger partial charge in [0.1, 0.15) is 5.82 Å².